The van der Waals surface area contributed by atoms with E-state index in [4.69, 9.17) is 16.6 Å². The molecule has 2 aliphatic heterocycles. The molecule has 5 nitrogen and oxygen atoms in total. The van der Waals surface area contributed by atoms with Crippen LogP contribution in [0.4, 0.5) is 5.69 Å². The minimum atomic E-state index is 0.368. The Bertz CT molecular complexity index is 876. The second-order valence-corrected chi connectivity index (χ2v) is 6.63. The van der Waals surface area contributed by atoms with Crippen LogP contribution in [0.1, 0.15) is 11.3 Å². The SMILES string of the molecule is ClCC1=NN=C2CN=C(c3ccccn3)c3cc(Br)ccc3N2C1. The molecule has 2 aromatic rings. The van der Waals surface area contributed by atoms with Crippen LogP contribution in [-0.2, 0) is 0 Å². The number of pyridine rings is 1. The van der Waals surface area contributed by atoms with Gasteiger partial charge in [0.25, 0.3) is 0 Å². The molecule has 0 N–H and O–H groups in total. The molecule has 2 aliphatic rings. The number of aliphatic imine (C=N–C) groups is 1. The normalized spacial score (nSPS) is 16.4. The summed E-state index contributed by atoms with van der Waals surface area (Å²) in [4.78, 5) is 11.4. The third-order valence-electron chi connectivity index (χ3n) is 3.90. The lowest BCUT2D eigenvalue weighted by molar-refractivity contribution is 1.03. The van der Waals surface area contributed by atoms with Crippen molar-refractivity contribution in [2.24, 2.45) is 15.2 Å². The first-order valence-corrected chi connectivity index (χ1v) is 8.80. The highest BCUT2D eigenvalue weighted by atomic mass is 79.9. The lowest BCUT2D eigenvalue weighted by Crippen LogP contribution is -2.40. The van der Waals surface area contributed by atoms with Crippen molar-refractivity contribution in [1.29, 1.82) is 0 Å². The van der Waals surface area contributed by atoms with E-state index in [0.717, 1.165) is 38.7 Å². The minimum Gasteiger partial charge on any atom is -0.320 e. The Hall–Kier alpha value is -2.05. The van der Waals surface area contributed by atoms with Crippen LogP contribution in [0.25, 0.3) is 0 Å². The Morgan fingerprint density at radius 1 is 1.17 bits per heavy atom. The van der Waals surface area contributed by atoms with E-state index in [-0.39, 0.29) is 0 Å². The van der Waals surface area contributed by atoms with Crippen molar-refractivity contribution in [3.63, 3.8) is 0 Å². The molecule has 4 rings (SSSR count). The predicted molar refractivity (Wildman–Crippen MR) is 102 cm³/mol. The number of amidine groups is 1. The molecule has 1 aromatic heterocycles. The van der Waals surface area contributed by atoms with Crippen LogP contribution in [0.3, 0.4) is 0 Å². The van der Waals surface area contributed by atoms with Gasteiger partial charge in [0.05, 0.1) is 41.8 Å². The van der Waals surface area contributed by atoms with Crippen molar-refractivity contribution in [2.45, 2.75) is 0 Å². The van der Waals surface area contributed by atoms with Crippen LogP contribution in [0.2, 0.25) is 0 Å². The van der Waals surface area contributed by atoms with E-state index in [0.29, 0.717) is 19.0 Å². The number of fused-ring (bicyclic) bond motifs is 3. The largest absolute Gasteiger partial charge is 0.320 e. The fourth-order valence-corrected chi connectivity index (χ4v) is 3.29. The van der Waals surface area contributed by atoms with Crippen molar-refractivity contribution in [3.8, 4) is 0 Å². The van der Waals surface area contributed by atoms with Gasteiger partial charge in [0.15, 0.2) is 5.84 Å². The summed E-state index contributed by atoms with van der Waals surface area (Å²) in [5.74, 6) is 1.19. The van der Waals surface area contributed by atoms with Gasteiger partial charge in [-0.1, -0.05) is 22.0 Å². The number of hydrogen-bond donors (Lipinski definition) is 0. The first-order chi connectivity index (χ1) is 11.8. The predicted octanol–water partition coefficient (Wildman–Crippen LogP) is 3.51. The van der Waals surface area contributed by atoms with Gasteiger partial charge in [-0.25, -0.2) is 0 Å². The van der Waals surface area contributed by atoms with Gasteiger partial charge < -0.3 is 4.90 Å². The van der Waals surface area contributed by atoms with Gasteiger partial charge in [-0.3, -0.25) is 9.98 Å². The van der Waals surface area contributed by atoms with Crippen LogP contribution in [0.15, 0.2) is 62.3 Å². The first kappa shape index (κ1) is 15.5. The number of rotatable bonds is 2. The molecule has 0 amide bonds. The van der Waals surface area contributed by atoms with Crippen LogP contribution >= 0.6 is 27.5 Å². The standard InChI is InChI=1S/C17H13BrClN5/c18-11-4-5-15-13(7-11)17(14-3-1-2-6-20-14)21-9-16-23-22-12(8-19)10-24(15)16/h1-7H,8-10H2. The quantitative estimate of drug-likeness (QED) is 0.722. The van der Waals surface area contributed by atoms with Crippen LogP contribution < -0.4 is 4.90 Å². The molecule has 0 fully saturated rings. The Labute approximate surface area is 152 Å². The summed E-state index contributed by atoms with van der Waals surface area (Å²) in [5, 5.41) is 8.52. The number of anilines is 1. The van der Waals surface area contributed by atoms with Gasteiger partial charge >= 0.3 is 0 Å². The lowest BCUT2D eigenvalue weighted by Gasteiger charge is -2.27. The molecule has 0 saturated carbocycles. The van der Waals surface area contributed by atoms with E-state index >= 15 is 0 Å². The Kier molecular flexibility index (Phi) is 4.16. The second-order valence-electron chi connectivity index (χ2n) is 5.44. The molecule has 0 spiro atoms. The van der Waals surface area contributed by atoms with Crippen LogP contribution in [-0.4, -0.2) is 41.2 Å². The van der Waals surface area contributed by atoms with E-state index in [1.807, 2.05) is 24.3 Å². The smallest absolute Gasteiger partial charge is 0.154 e. The van der Waals surface area contributed by atoms with Crippen molar-refractivity contribution in [2.75, 3.05) is 23.9 Å². The number of benzene rings is 1. The van der Waals surface area contributed by atoms with E-state index in [9.17, 15) is 0 Å². The van der Waals surface area contributed by atoms with Crippen LogP contribution in [0, 0.1) is 0 Å². The molecule has 7 heteroatoms. The molecule has 1 aromatic carbocycles. The Morgan fingerprint density at radius 2 is 2.08 bits per heavy atom. The zero-order chi connectivity index (χ0) is 16.5. The topological polar surface area (TPSA) is 53.2 Å². The fourth-order valence-electron chi connectivity index (χ4n) is 2.79. The first-order valence-electron chi connectivity index (χ1n) is 7.48. The molecule has 24 heavy (non-hydrogen) atoms. The summed E-state index contributed by atoms with van der Waals surface area (Å²) in [6, 6.07) is 12.0. The van der Waals surface area contributed by atoms with Gasteiger partial charge in [-0.15, -0.1) is 16.7 Å². The fraction of sp³-hybridized carbons (Fsp3) is 0.176. The number of aromatic nitrogens is 1. The van der Waals surface area contributed by atoms with Crippen molar-refractivity contribution in [3.05, 3.63) is 58.3 Å². The highest BCUT2D eigenvalue weighted by molar-refractivity contribution is 9.10. The zero-order valence-electron chi connectivity index (χ0n) is 12.7. The molecule has 0 radical (unpaired) electrons. The number of hydrogen-bond acceptors (Lipinski definition) is 5. The monoisotopic (exact) mass is 401 g/mol. The van der Waals surface area contributed by atoms with Crippen molar-refractivity contribution >= 4 is 50.5 Å². The number of nitrogens with zero attached hydrogens (tertiary/aromatic N) is 5. The summed E-state index contributed by atoms with van der Waals surface area (Å²) in [5.41, 5.74) is 4.60. The van der Waals surface area contributed by atoms with Crippen molar-refractivity contribution < 1.29 is 0 Å². The molecule has 3 heterocycles. The third-order valence-corrected chi connectivity index (χ3v) is 4.71. The van der Waals surface area contributed by atoms with Gasteiger partial charge in [-0.2, -0.15) is 5.10 Å². The summed E-state index contributed by atoms with van der Waals surface area (Å²) in [6.07, 6.45) is 1.78. The summed E-state index contributed by atoms with van der Waals surface area (Å²) >= 11 is 9.52. The summed E-state index contributed by atoms with van der Waals surface area (Å²) < 4.78 is 0.994. The average molecular weight is 403 g/mol. The minimum absolute atomic E-state index is 0.368. The Balaban J connectivity index is 1.89. The molecule has 0 atom stereocenters. The summed E-state index contributed by atoms with van der Waals surface area (Å²) in [6.45, 7) is 1.08. The molecular weight excluding hydrogens is 390 g/mol. The number of halogens is 2. The van der Waals surface area contributed by atoms with E-state index < -0.39 is 0 Å². The molecule has 0 unspecified atom stereocenters. The molecule has 120 valence electrons. The highest BCUT2D eigenvalue weighted by Gasteiger charge is 2.27. The maximum atomic E-state index is 5.96. The third kappa shape index (κ3) is 2.76. The molecule has 0 saturated heterocycles. The van der Waals surface area contributed by atoms with Gasteiger partial charge in [0, 0.05) is 16.2 Å². The lowest BCUT2D eigenvalue weighted by atomic mass is 10.0. The summed E-state index contributed by atoms with van der Waals surface area (Å²) in [7, 11) is 0. The maximum absolute atomic E-state index is 5.96. The second kappa shape index (κ2) is 6.45. The van der Waals surface area contributed by atoms with E-state index in [1.54, 1.807) is 6.20 Å². The Morgan fingerprint density at radius 3 is 2.88 bits per heavy atom. The van der Waals surface area contributed by atoms with Gasteiger partial charge in [0.1, 0.15) is 0 Å². The molecule has 0 aliphatic carbocycles. The zero-order valence-corrected chi connectivity index (χ0v) is 15.0. The van der Waals surface area contributed by atoms with E-state index in [1.165, 1.54) is 0 Å². The number of alkyl halides is 1. The van der Waals surface area contributed by atoms with Gasteiger partial charge in [0.2, 0.25) is 0 Å². The molecular formula is C17H13BrClN5. The maximum Gasteiger partial charge on any atom is 0.154 e. The highest BCUT2D eigenvalue weighted by Crippen LogP contribution is 2.30. The van der Waals surface area contributed by atoms with E-state index in [2.05, 4.69) is 48.1 Å². The van der Waals surface area contributed by atoms with Gasteiger partial charge in [-0.05, 0) is 30.3 Å². The van der Waals surface area contributed by atoms with Crippen molar-refractivity contribution in [1.82, 2.24) is 4.98 Å². The van der Waals surface area contributed by atoms with Crippen LogP contribution in [0.5, 0.6) is 0 Å². The average Bonchev–Trinajstić information content (AvgIpc) is 2.78. The molecule has 0 bridgehead atoms.